The number of hydrogen-bond donors (Lipinski definition) is 1. The zero-order chi connectivity index (χ0) is 24.7. The first-order valence-corrected chi connectivity index (χ1v) is 10.9. The molecular formula is C23H17ClF4N4O3. The van der Waals surface area contributed by atoms with Gasteiger partial charge in [0.15, 0.2) is 6.61 Å². The van der Waals surface area contributed by atoms with Gasteiger partial charge in [-0.15, -0.1) is 0 Å². The van der Waals surface area contributed by atoms with Crippen molar-refractivity contribution in [2.75, 3.05) is 16.8 Å². The van der Waals surface area contributed by atoms with E-state index in [9.17, 15) is 22.4 Å². The average molecular weight is 509 g/mol. The number of ether oxygens (including phenoxy) is 2. The molecule has 0 radical (unpaired) electrons. The topological polar surface area (TPSA) is 76.6 Å². The maximum atomic E-state index is 14.2. The Kier molecular flexibility index (Phi) is 5.87. The number of alkyl halides is 3. The molecule has 7 nitrogen and oxygen atoms in total. The van der Waals surface area contributed by atoms with Gasteiger partial charge in [0.1, 0.15) is 34.9 Å². The van der Waals surface area contributed by atoms with Crippen LogP contribution in [0.1, 0.15) is 29.3 Å². The quantitative estimate of drug-likeness (QED) is 0.449. The Hall–Kier alpha value is -3.60. The number of anilines is 2. The van der Waals surface area contributed by atoms with Gasteiger partial charge < -0.3 is 9.47 Å². The molecule has 35 heavy (non-hydrogen) atoms. The van der Waals surface area contributed by atoms with Gasteiger partial charge in [0.05, 0.1) is 22.8 Å². The van der Waals surface area contributed by atoms with Gasteiger partial charge in [0.2, 0.25) is 0 Å². The fourth-order valence-corrected chi connectivity index (χ4v) is 4.33. The number of carbonyl (C=O) groups excluding carboxylic acids is 1. The van der Waals surface area contributed by atoms with E-state index < -0.39 is 30.7 Å². The van der Waals surface area contributed by atoms with Crippen molar-refractivity contribution in [3.63, 3.8) is 0 Å². The molecule has 1 atom stereocenters. The summed E-state index contributed by atoms with van der Waals surface area (Å²) in [7, 11) is 0. The standard InChI is InChI=1S/C23H17ClF4N4O3/c24-14-8-12-3-4-18(20-15(25)2-1-6-29-20)35-19(12)9-16(14)32-10-13-17(34-11-23(26,27)28)5-7-30-21(13)31-22(32)33/h1-2,5-9,18H,3-4,10-11H2,(H,30,31,33). The molecule has 2 aliphatic rings. The van der Waals surface area contributed by atoms with Crippen LogP contribution in [0.5, 0.6) is 11.5 Å². The molecular weight excluding hydrogens is 492 g/mol. The fraction of sp³-hybridized carbons (Fsp3) is 0.261. The predicted molar refractivity (Wildman–Crippen MR) is 118 cm³/mol. The third kappa shape index (κ3) is 4.68. The van der Waals surface area contributed by atoms with E-state index in [1.165, 1.54) is 35.5 Å². The first-order chi connectivity index (χ1) is 16.7. The summed E-state index contributed by atoms with van der Waals surface area (Å²) in [5.74, 6) is -0.0413. The van der Waals surface area contributed by atoms with E-state index >= 15 is 0 Å². The molecule has 2 aromatic heterocycles. The number of nitrogens with one attached hydrogen (secondary N) is 1. The van der Waals surface area contributed by atoms with Crippen molar-refractivity contribution in [1.82, 2.24) is 9.97 Å². The zero-order valence-corrected chi connectivity index (χ0v) is 18.7. The van der Waals surface area contributed by atoms with Crippen LogP contribution >= 0.6 is 11.6 Å². The van der Waals surface area contributed by atoms with E-state index in [1.807, 2.05) is 0 Å². The Morgan fingerprint density at radius 1 is 1.23 bits per heavy atom. The second kappa shape index (κ2) is 8.88. The number of fused-ring (bicyclic) bond motifs is 2. The van der Waals surface area contributed by atoms with Gasteiger partial charge in [0.25, 0.3) is 0 Å². The second-order valence-electron chi connectivity index (χ2n) is 7.98. The van der Waals surface area contributed by atoms with Crippen molar-refractivity contribution in [3.8, 4) is 11.5 Å². The molecule has 5 rings (SSSR count). The van der Waals surface area contributed by atoms with Gasteiger partial charge in [-0.3, -0.25) is 15.2 Å². The maximum absolute atomic E-state index is 14.2. The van der Waals surface area contributed by atoms with E-state index in [1.54, 1.807) is 12.1 Å². The Morgan fingerprint density at radius 2 is 2.06 bits per heavy atom. The van der Waals surface area contributed by atoms with Gasteiger partial charge in [-0.25, -0.2) is 14.2 Å². The first kappa shape index (κ1) is 23.2. The van der Waals surface area contributed by atoms with Gasteiger partial charge in [0, 0.05) is 18.5 Å². The molecule has 0 spiro atoms. The summed E-state index contributed by atoms with van der Waals surface area (Å²) in [5.41, 5.74) is 1.48. The number of urea groups is 1. The van der Waals surface area contributed by atoms with E-state index in [-0.39, 0.29) is 40.1 Å². The minimum absolute atomic E-state index is 0.0617. The normalized spacial score (nSPS) is 17.2. The molecule has 2 aliphatic heterocycles. The number of hydrogen-bond acceptors (Lipinski definition) is 5. The molecule has 182 valence electrons. The molecule has 2 amide bonds. The van der Waals surface area contributed by atoms with Gasteiger partial charge >= 0.3 is 12.2 Å². The highest BCUT2D eigenvalue weighted by Gasteiger charge is 2.33. The lowest BCUT2D eigenvalue weighted by molar-refractivity contribution is -0.153. The van der Waals surface area contributed by atoms with Crippen LogP contribution in [0.3, 0.4) is 0 Å². The van der Waals surface area contributed by atoms with E-state index in [4.69, 9.17) is 21.1 Å². The summed E-state index contributed by atoms with van der Waals surface area (Å²) >= 11 is 6.48. The largest absolute Gasteiger partial charge is 0.484 e. The lowest BCUT2D eigenvalue weighted by Gasteiger charge is -2.32. The minimum Gasteiger partial charge on any atom is -0.484 e. The number of benzene rings is 1. The Labute approximate surface area is 201 Å². The highest BCUT2D eigenvalue weighted by molar-refractivity contribution is 6.34. The van der Waals surface area contributed by atoms with E-state index in [0.29, 0.717) is 18.6 Å². The van der Waals surface area contributed by atoms with Crippen LogP contribution < -0.4 is 19.7 Å². The van der Waals surface area contributed by atoms with E-state index in [2.05, 4.69) is 15.3 Å². The zero-order valence-electron chi connectivity index (χ0n) is 17.9. The molecule has 1 unspecified atom stereocenters. The number of aromatic nitrogens is 2. The highest BCUT2D eigenvalue weighted by atomic mass is 35.5. The number of amides is 2. The third-order valence-electron chi connectivity index (χ3n) is 5.65. The predicted octanol–water partition coefficient (Wildman–Crippen LogP) is 5.83. The van der Waals surface area contributed by atoms with Gasteiger partial charge in [-0.1, -0.05) is 11.6 Å². The number of carbonyl (C=O) groups is 1. The molecule has 1 aromatic carbocycles. The van der Waals surface area contributed by atoms with Crippen LogP contribution in [0.2, 0.25) is 5.02 Å². The molecule has 3 aromatic rings. The molecule has 12 heteroatoms. The Bertz CT molecular complexity index is 1300. The lowest BCUT2D eigenvalue weighted by Crippen LogP contribution is -2.39. The molecule has 0 saturated heterocycles. The maximum Gasteiger partial charge on any atom is 0.422 e. The minimum atomic E-state index is -4.53. The molecule has 0 bridgehead atoms. The number of halogens is 5. The number of rotatable bonds is 4. The number of pyridine rings is 2. The lowest BCUT2D eigenvalue weighted by atomic mass is 9.99. The van der Waals surface area contributed by atoms with E-state index in [0.717, 1.165) is 5.56 Å². The van der Waals surface area contributed by atoms with Crippen molar-refractivity contribution in [2.24, 2.45) is 0 Å². The van der Waals surface area contributed by atoms with Crippen LogP contribution in [-0.4, -0.2) is 28.8 Å². The number of nitrogens with zero attached hydrogens (tertiary/aromatic N) is 3. The molecule has 0 aliphatic carbocycles. The summed E-state index contributed by atoms with van der Waals surface area (Å²) in [6.45, 7) is -1.63. The second-order valence-corrected chi connectivity index (χ2v) is 8.39. The van der Waals surface area contributed by atoms with Crippen molar-refractivity contribution >= 4 is 29.1 Å². The van der Waals surface area contributed by atoms with Crippen LogP contribution in [0.25, 0.3) is 0 Å². The summed E-state index contributed by atoms with van der Waals surface area (Å²) in [6.07, 6.45) is -1.40. The van der Waals surface area contributed by atoms with Crippen molar-refractivity contribution in [1.29, 1.82) is 0 Å². The summed E-state index contributed by atoms with van der Waals surface area (Å²) in [4.78, 5) is 22.2. The average Bonchev–Trinajstić information content (AvgIpc) is 2.81. The first-order valence-electron chi connectivity index (χ1n) is 10.5. The van der Waals surface area contributed by atoms with Crippen LogP contribution in [0.15, 0.2) is 42.7 Å². The van der Waals surface area contributed by atoms with Crippen LogP contribution in [-0.2, 0) is 13.0 Å². The van der Waals surface area contributed by atoms with Crippen molar-refractivity contribution < 1.29 is 31.8 Å². The summed E-state index contributed by atoms with van der Waals surface area (Å²) in [5, 5.41) is 2.80. The fourth-order valence-electron chi connectivity index (χ4n) is 4.05. The third-order valence-corrected chi connectivity index (χ3v) is 5.95. The smallest absolute Gasteiger partial charge is 0.422 e. The van der Waals surface area contributed by atoms with Crippen LogP contribution in [0, 0.1) is 5.82 Å². The van der Waals surface area contributed by atoms with Crippen molar-refractivity contribution in [3.05, 3.63) is 70.4 Å². The van der Waals surface area contributed by atoms with Crippen LogP contribution in [0.4, 0.5) is 33.9 Å². The molecule has 0 saturated carbocycles. The van der Waals surface area contributed by atoms with Gasteiger partial charge in [-0.2, -0.15) is 13.2 Å². The molecule has 0 fully saturated rings. The summed E-state index contributed by atoms with van der Waals surface area (Å²) in [6, 6.07) is 6.72. The Balaban J connectivity index is 1.45. The highest BCUT2D eigenvalue weighted by Crippen LogP contribution is 2.42. The Morgan fingerprint density at radius 3 is 2.83 bits per heavy atom. The van der Waals surface area contributed by atoms with Gasteiger partial charge in [-0.05, 0) is 42.7 Å². The molecule has 1 N–H and O–H groups in total. The SMILES string of the molecule is O=C1Nc2nccc(OCC(F)(F)F)c2CN1c1cc2c(cc1Cl)CCC(c1ncccc1F)O2. The van der Waals surface area contributed by atoms with Crippen molar-refractivity contribution in [2.45, 2.75) is 31.7 Å². The number of aryl methyl sites for hydroxylation is 1. The monoisotopic (exact) mass is 508 g/mol. The summed E-state index contributed by atoms with van der Waals surface area (Å²) < 4.78 is 63.3. The molecule has 4 heterocycles.